The second-order valence-corrected chi connectivity index (χ2v) is 8.44. The summed E-state index contributed by atoms with van der Waals surface area (Å²) < 4.78 is 5.17. The summed E-state index contributed by atoms with van der Waals surface area (Å²) in [6.07, 6.45) is 2.79. The first kappa shape index (κ1) is 26.9. The fourth-order valence-electron chi connectivity index (χ4n) is 4.43. The van der Waals surface area contributed by atoms with Crippen molar-refractivity contribution in [1.29, 1.82) is 0 Å². The van der Waals surface area contributed by atoms with Gasteiger partial charge in [-0.2, -0.15) is 0 Å². The van der Waals surface area contributed by atoms with Crippen LogP contribution in [-0.4, -0.2) is 92.6 Å². The maximum absolute atomic E-state index is 11.9. The standard InChI is InChI=1S/C24H39N5O2.HI/c1-3-31-23(30)22-10-14-29(15-11-22)24(25-2)26-12-7-13-27-16-18-28(19-17-27)20-21-8-5-4-6-9-21;/h4-6,8-9,22H,3,7,10-20H2,1-2H3,(H,25,26);1H. The monoisotopic (exact) mass is 557 g/mol. The van der Waals surface area contributed by atoms with Gasteiger partial charge in [0.15, 0.2) is 5.96 Å². The molecule has 3 rings (SSSR count). The molecule has 0 atom stereocenters. The summed E-state index contributed by atoms with van der Waals surface area (Å²) in [4.78, 5) is 23.7. The largest absolute Gasteiger partial charge is 0.466 e. The second-order valence-electron chi connectivity index (χ2n) is 8.44. The van der Waals surface area contributed by atoms with E-state index in [9.17, 15) is 4.79 Å². The second kappa shape index (κ2) is 14.7. The maximum Gasteiger partial charge on any atom is 0.309 e. The Morgan fingerprint density at radius 2 is 1.72 bits per heavy atom. The molecule has 8 heteroatoms. The van der Waals surface area contributed by atoms with Gasteiger partial charge in [-0.25, -0.2) is 0 Å². The summed E-state index contributed by atoms with van der Waals surface area (Å²) in [5.74, 6) is 0.943. The normalized spacial score (nSPS) is 18.8. The van der Waals surface area contributed by atoms with Crippen LogP contribution in [0.1, 0.15) is 31.7 Å². The van der Waals surface area contributed by atoms with Crippen LogP contribution in [0.4, 0.5) is 0 Å². The van der Waals surface area contributed by atoms with Crippen LogP contribution in [0.2, 0.25) is 0 Å². The summed E-state index contributed by atoms with van der Waals surface area (Å²) in [5, 5.41) is 3.51. The third-order valence-corrected chi connectivity index (χ3v) is 6.27. The van der Waals surface area contributed by atoms with Crippen molar-refractivity contribution in [3.05, 3.63) is 35.9 Å². The molecule has 2 heterocycles. The number of benzene rings is 1. The number of halogens is 1. The topological polar surface area (TPSA) is 60.4 Å². The molecule has 0 radical (unpaired) electrons. The van der Waals surface area contributed by atoms with Crippen LogP contribution in [-0.2, 0) is 16.1 Å². The first-order chi connectivity index (χ1) is 15.2. The highest BCUT2D eigenvalue weighted by Gasteiger charge is 2.27. The molecule has 0 aliphatic carbocycles. The van der Waals surface area contributed by atoms with E-state index in [2.05, 4.69) is 55.3 Å². The van der Waals surface area contributed by atoms with Gasteiger partial charge in [-0.3, -0.25) is 14.7 Å². The number of likely N-dealkylation sites (tertiary alicyclic amines) is 1. The van der Waals surface area contributed by atoms with Crippen molar-refractivity contribution in [2.24, 2.45) is 10.9 Å². The lowest BCUT2D eigenvalue weighted by atomic mass is 9.97. The predicted molar refractivity (Wildman–Crippen MR) is 140 cm³/mol. The number of nitrogens with one attached hydrogen (secondary N) is 1. The summed E-state index contributed by atoms with van der Waals surface area (Å²) in [6, 6.07) is 10.7. The molecule has 0 aromatic heterocycles. The average molecular weight is 558 g/mol. The molecule has 0 unspecified atom stereocenters. The van der Waals surface area contributed by atoms with Crippen molar-refractivity contribution < 1.29 is 9.53 Å². The molecule has 1 aromatic rings. The Bertz CT molecular complexity index is 687. The fraction of sp³-hybridized carbons (Fsp3) is 0.667. The van der Waals surface area contributed by atoms with Gasteiger partial charge in [0.25, 0.3) is 0 Å². The quantitative estimate of drug-likeness (QED) is 0.175. The minimum atomic E-state index is -0.0473. The van der Waals surface area contributed by atoms with E-state index < -0.39 is 0 Å². The molecular weight excluding hydrogens is 517 g/mol. The number of carbonyl (C=O) groups is 1. The Kier molecular flexibility index (Phi) is 12.3. The van der Waals surface area contributed by atoms with Crippen molar-refractivity contribution in [1.82, 2.24) is 20.0 Å². The number of hydrogen-bond acceptors (Lipinski definition) is 5. The first-order valence-corrected chi connectivity index (χ1v) is 11.8. The molecular formula is C24H40IN5O2. The predicted octanol–water partition coefficient (Wildman–Crippen LogP) is 2.66. The van der Waals surface area contributed by atoms with Crippen molar-refractivity contribution in [2.45, 2.75) is 32.7 Å². The van der Waals surface area contributed by atoms with Crippen LogP contribution in [0.5, 0.6) is 0 Å². The van der Waals surface area contributed by atoms with Gasteiger partial charge in [0.05, 0.1) is 12.5 Å². The Balaban J connectivity index is 0.00000363. The van der Waals surface area contributed by atoms with Gasteiger partial charge in [0, 0.05) is 59.4 Å². The molecule has 0 bridgehead atoms. The number of guanidine groups is 1. The zero-order valence-corrected chi connectivity index (χ0v) is 22.0. The highest BCUT2D eigenvalue weighted by molar-refractivity contribution is 14.0. The SMILES string of the molecule is CCOC(=O)C1CCN(C(=NC)NCCCN2CCN(Cc3ccccc3)CC2)CC1.I. The molecule has 1 N–H and O–H groups in total. The van der Waals surface area contributed by atoms with Crippen LogP contribution in [0, 0.1) is 5.92 Å². The fourth-order valence-corrected chi connectivity index (χ4v) is 4.43. The van der Waals surface area contributed by atoms with E-state index >= 15 is 0 Å². The van der Waals surface area contributed by atoms with Gasteiger partial charge in [-0.05, 0) is 38.3 Å². The van der Waals surface area contributed by atoms with Crippen molar-refractivity contribution in [3.63, 3.8) is 0 Å². The molecule has 2 fully saturated rings. The Morgan fingerprint density at radius 1 is 1.06 bits per heavy atom. The van der Waals surface area contributed by atoms with Crippen LogP contribution in [0.3, 0.4) is 0 Å². The summed E-state index contributed by atoms with van der Waals surface area (Å²) in [5.41, 5.74) is 1.40. The van der Waals surface area contributed by atoms with Gasteiger partial charge >= 0.3 is 5.97 Å². The van der Waals surface area contributed by atoms with E-state index in [1.807, 2.05) is 14.0 Å². The molecule has 2 aliphatic heterocycles. The highest BCUT2D eigenvalue weighted by atomic mass is 127. The summed E-state index contributed by atoms with van der Waals surface area (Å²) >= 11 is 0. The number of rotatable bonds is 8. The first-order valence-electron chi connectivity index (χ1n) is 11.8. The molecule has 0 spiro atoms. The summed E-state index contributed by atoms with van der Waals surface area (Å²) in [6.45, 7) is 11.7. The molecule has 0 amide bonds. The number of piperidine rings is 1. The minimum Gasteiger partial charge on any atom is -0.466 e. The Hall–Kier alpha value is -1.39. The third-order valence-electron chi connectivity index (χ3n) is 6.27. The molecule has 32 heavy (non-hydrogen) atoms. The lowest BCUT2D eigenvalue weighted by molar-refractivity contribution is -0.149. The number of aliphatic imine (C=N–C) groups is 1. The van der Waals surface area contributed by atoms with Crippen LogP contribution >= 0.6 is 24.0 Å². The van der Waals surface area contributed by atoms with Gasteiger partial charge in [0.1, 0.15) is 0 Å². The molecule has 180 valence electrons. The van der Waals surface area contributed by atoms with Crippen molar-refractivity contribution in [2.75, 3.05) is 66.0 Å². The number of esters is 1. The number of hydrogen-bond donors (Lipinski definition) is 1. The molecule has 7 nitrogen and oxygen atoms in total. The van der Waals surface area contributed by atoms with E-state index in [1.165, 1.54) is 5.56 Å². The summed E-state index contributed by atoms with van der Waals surface area (Å²) in [7, 11) is 1.84. The smallest absolute Gasteiger partial charge is 0.309 e. The van der Waals surface area contributed by atoms with Crippen LogP contribution < -0.4 is 5.32 Å². The highest BCUT2D eigenvalue weighted by Crippen LogP contribution is 2.18. The van der Waals surface area contributed by atoms with Gasteiger partial charge in [0.2, 0.25) is 0 Å². The maximum atomic E-state index is 11.9. The van der Waals surface area contributed by atoms with Crippen molar-refractivity contribution >= 4 is 35.9 Å². The van der Waals surface area contributed by atoms with Gasteiger partial charge in [-0.1, -0.05) is 30.3 Å². The molecule has 2 saturated heterocycles. The lowest BCUT2D eigenvalue weighted by Gasteiger charge is -2.35. The number of ether oxygens (including phenoxy) is 1. The van der Waals surface area contributed by atoms with Gasteiger partial charge in [-0.15, -0.1) is 24.0 Å². The Labute approximate surface area is 210 Å². The van der Waals surface area contributed by atoms with Gasteiger partial charge < -0.3 is 19.9 Å². The number of piperazine rings is 1. The number of carbonyl (C=O) groups excluding carboxylic acids is 1. The average Bonchev–Trinajstić information content (AvgIpc) is 2.81. The minimum absolute atomic E-state index is 0. The zero-order valence-electron chi connectivity index (χ0n) is 19.7. The number of nitrogens with zero attached hydrogens (tertiary/aromatic N) is 4. The van der Waals surface area contributed by atoms with E-state index in [0.29, 0.717) is 6.61 Å². The third kappa shape index (κ3) is 8.51. The van der Waals surface area contributed by atoms with E-state index in [-0.39, 0.29) is 35.9 Å². The Morgan fingerprint density at radius 3 is 2.34 bits per heavy atom. The molecule has 0 saturated carbocycles. The van der Waals surface area contributed by atoms with Crippen LogP contribution in [0.25, 0.3) is 0 Å². The molecule has 2 aliphatic rings. The van der Waals surface area contributed by atoms with E-state index in [4.69, 9.17) is 4.74 Å². The lowest BCUT2D eigenvalue weighted by Crippen LogP contribution is -2.48. The molecule has 1 aromatic carbocycles. The van der Waals surface area contributed by atoms with Crippen LogP contribution in [0.15, 0.2) is 35.3 Å². The van der Waals surface area contributed by atoms with Crippen molar-refractivity contribution in [3.8, 4) is 0 Å². The zero-order chi connectivity index (χ0) is 21.9. The van der Waals surface area contributed by atoms with E-state index in [0.717, 1.165) is 84.1 Å². The van der Waals surface area contributed by atoms with E-state index in [1.54, 1.807) is 0 Å².